The van der Waals surface area contributed by atoms with Crippen molar-refractivity contribution >= 4 is 11.5 Å². The van der Waals surface area contributed by atoms with Gasteiger partial charge in [0.2, 0.25) is 0 Å². The molecule has 0 radical (unpaired) electrons. The lowest BCUT2D eigenvalue weighted by Crippen LogP contribution is -2.48. The Balaban J connectivity index is 1.43. The van der Waals surface area contributed by atoms with Crippen LogP contribution in [0.25, 0.3) is 5.69 Å². The lowest BCUT2D eigenvalue weighted by molar-refractivity contribution is 0.0926. The zero-order valence-electron chi connectivity index (χ0n) is 17.6. The average Bonchev–Trinajstić information content (AvgIpc) is 3.04. The van der Waals surface area contributed by atoms with Gasteiger partial charge in [-0.1, -0.05) is 35.9 Å². The fourth-order valence-corrected chi connectivity index (χ4v) is 4.23. The van der Waals surface area contributed by atoms with Crippen LogP contribution in [0.15, 0.2) is 60.7 Å². The summed E-state index contributed by atoms with van der Waals surface area (Å²) in [7, 11) is 0. The third kappa shape index (κ3) is 4.13. The van der Waals surface area contributed by atoms with Gasteiger partial charge in [-0.05, 0) is 51.1 Å². The summed E-state index contributed by atoms with van der Waals surface area (Å²) in [5.74, 6) is 0.213. The highest BCUT2D eigenvalue weighted by atomic mass is 16.1. The Labute approximate surface area is 173 Å². The first-order valence-electron chi connectivity index (χ1n) is 10.3. The molecule has 0 spiro atoms. The van der Waals surface area contributed by atoms with E-state index in [1.807, 2.05) is 19.1 Å². The molecule has 1 fully saturated rings. The molecule has 1 saturated heterocycles. The van der Waals surface area contributed by atoms with Gasteiger partial charge in [-0.15, -0.1) is 0 Å². The standard InChI is InChI=1S/C25H29N3O/c1-19-9-11-23(12-10-19)28-20(2)17-24(21(28)3)25(29)18-26-13-15-27(16-14-26)22-7-5-4-6-8-22/h4-12,17H,13-16,18H2,1-3H3. The largest absolute Gasteiger partial charge is 0.369 e. The van der Waals surface area contributed by atoms with Gasteiger partial charge in [-0.2, -0.15) is 0 Å². The summed E-state index contributed by atoms with van der Waals surface area (Å²) in [6, 6.07) is 21.0. The van der Waals surface area contributed by atoms with Crippen LogP contribution in [0.2, 0.25) is 0 Å². The van der Waals surface area contributed by atoms with Gasteiger partial charge < -0.3 is 9.47 Å². The maximum atomic E-state index is 13.1. The molecule has 1 aliphatic rings. The molecule has 0 amide bonds. The second kappa shape index (κ2) is 8.26. The summed E-state index contributed by atoms with van der Waals surface area (Å²) in [6.45, 7) is 10.4. The molecule has 0 bridgehead atoms. The number of ketones is 1. The van der Waals surface area contributed by atoms with Gasteiger partial charge in [-0.3, -0.25) is 9.69 Å². The molecular weight excluding hydrogens is 358 g/mol. The van der Waals surface area contributed by atoms with Crippen LogP contribution in [0.4, 0.5) is 5.69 Å². The molecule has 0 saturated carbocycles. The number of benzene rings is 2. The summed E-state index contributed by atoms with van der Waals surface area (Å²) in [6.07, 6.45) is 0. The summed E-state index contributed by atoms with van der Waals surface area (Å²) >= 11 is 0. The van der Waals surface area contributed by atoms with Crippen LogP contribution in [0, 0.1) is 20.8 Å². The maximum Gasteiger partial charge on any atom is 0.178 e. The van der Waals surface area contributed by atoms with Gasteiger partial charge in [0.1, 0.15) is 0 Å². The highest BCUT2D eigenvalue weighted by molar-refractivity contribution is 5.99. The van der Waals surface area contributed by atoms with Crippen LogP contribution in [0.3, 0.4) is 0 Å². The number of aromatic nitrogens is 1. The van der Waals surface area contributed by atoms with Crippen LogP contribution >= 0.6 is 0 Å². The third-order valence-electron chi connectivity index (χ3n) is 5.88. The Morgan fingerprint density at radius 3 is 2.14 bits per heavy atom. The summed E-state index contributed by atoms with van der Waals surface area (Å²) in [5, 5.41) is 0. The topological polar surface area (TPSA) is 28.5 Å². The molecule has 0 atom stereocenters. The number of carbonyl (C=O) groups is 1. The molecule has 0 aliphatic carbocycles. The number of Topliss-reactive ketones (excluding diaryl/α,β-unsaturated/α-hetero) is 1. The second-order valence-corrected chi connectivity index (χ2v) is 7.98. The Morgan fingerprint density at radius 1 is 0.828 bits per heavy atom. The van der Waals surface area contributed by atoms with Gasteiger partial charge in [0, 0.05) is 54.5 Å². The molecule has 29 heavy (non-hydrogen) atoms. The van der Waals surface area contributed by atoms with E-state index in [2.05, 4.69) is 76.7 Å². The van der Waals surface area contributed by atoms with E-state index in [4.69, 9.17) is 0 Å². The van der Waals surface area contributed by atoms with Crippen LogP contribution in [0.5, 0.6) is 0 Å². The second-order valence-electron chi connectivity index (χ2n) is 7.98. The quantitative estimate of drug-likeness (QED) is 0.607. The van der Waals surface area contributed by atoms with E-state index in [1.165, 1.54) is 11.3 Å². The molecule has 1 aromatic heterocycles. The third-order valence-corrected chi connectivity index (χ3v) is 5.88. The summed E-state index contributed by atoms with van der Waals surface area (Å²) in [4.78, 5) is 17.7. The number of carbonyl (C=O) groups excluding carboxylic acids is 1. The first-order chi connectivity index (χ1) is 14.0. The number of piperazine rings is 1. The molecule has 0 N–H and O–H groups in total. The van der Waals surface area contributed by atoms with Gasteiger partial charge in [0.05, 0.1) is 6.54 Å². The van der Waals surface area contributed by atoms with Crippen molar-refractivity contribution in [3.8, 4) is 5.69 Å². The van der Waals surface area contributed by atoms with Crippen molar-refractivity contribution in [3.63, 3.8) is 0 Å². The van der Waals surface area contributed by atoms with E-state index in [0.717, 1.165) is 48.8 Å². The highest BCUT2D eigenvalue weighted by Crippen LogP contribution is 2.22. The van der Waals surface area contributed by atoms with Crippen molar-refractivity contribution in [2.24, 2.45) is 0 Å². The van der Waals surface area contributed by atoms with E-state index >= 15 is 0 Å². The first kappa shape index (κ1) is 19.5. The average molecular weight is 388 g/mol. The molecule has 3 aromatic rings. The zero-order valence-corrected chi connectivity index (χ0v) is 17.6. The van der Waals surface area contributed by atoms with Crippen molar-refractivity contribution in [1.82, 2.24) is 9.47 Å². The lowest BCUT2D eigenvalue weighted by Gasteiger charge is -2.35. The van der Waals surface area contributed by atoms with Crippen molar-refractivity contribution < 1.29 is 4.79 Å². The Morgan fingerprint density at radius 2 is 1.48 bits per heavy atom. The fraction of sp³-hybridized carbons (Fsp3) is 0.320. The van der Waals surface area contributed by atoms with E-state index < -0.39 is 0 Å². The van der Waals surface area contributed by atoms with Crippen LogP contribution in [0.1, 0.15) is 27.3 Å². The van der Waals surface area contributed by atoms with Crippen molar-refractivity contribution in [2.45, 2.75) is 20.8 Å². The van der Waals surface area contributed by atoms with Crippen molar-refractivity contribution in [3.05, 3.63) is 83.2 Å². The summed E-state index contributed by atoms with van der Waals surface area (Å²) in [5.41, 5.74) is 6.58. The van der Waals surface area contributed by atoms with E-state index in [1.54, 1.807) is 0 Å². The van der Waals surface area contributed by atoms with Crippen molar-refractivity contribution in [2.75, 3.05) is 37.6 Å². The smallest absolute Gasteiger partial charge is 0.178 e. The Bertz CT molecular complexity index is 981. The normalized spacial score (nSPS) is 14.9. The minimum absolute atomic E-state index is 0.213. The van der Waals surface area contributed by atoms with Crippen LogP contribution in [-0.2, 0) is 0 Å². The number of hydrogen-bond acceptors (Lipinski definition) is 3. The van der Waals surface area contributed by atoms with E-state index in [-0.39, 0.29) is 5.78 Å². The number of anilines is 1. The molecule has 2 heterocycles. The van der Waals surface area contributed by atoms with Gasteiger partial charge >= 0.3 is 0 Å². The minimum Gasteiger partial charge on any atom is -0.369 e. The number of nitrogens with zero attached hydrogens (tertiary/aromatic N) is 3. The van der Waals surface area contributed by atoms with Crippen LogP contribution in [-0.4, -0.2) is 48.0 Å². The van der Waals surface area contributed by atoms with Crippen LogP contribution < -0.4 is 4.90 Å². The Hall–Kier alpha value is -2.85. The van der Waals surface area contributed by atoms with E-state index in [0.29, 0.717) is 6.54 Å². The molecule has 4 nitrogen and oxygen atoms in total. The summed E-state index contributed by atoms with van der Waals surface area (Å²) < 4.78 is 2.18. The molecule has 4 heteroatoms. The fourth-order valence-electron chi connectivity index (χ4n) is 4.23. The molecule has 0 unspecified atom stereocenters. The molecule has 4 rings (SSSR count). The first-order valence-corrected chi connectivity index (χ1v) is 10.3. The van der Waals surface area contributed by atoms with Gasteiger partial charge in [0.15, 0.2) is 5.78 Å². The molecule has 150 valence electrons. The molecular formula is C25H29N3O. The Kier molecular flexibility index (Phi) is 5.54. The maximum absolute atomic E-state index is 13.1. The lowest BCUT2D eigenvalue weighted by atomic mass is 10.1. The zero-order chi connectivity index (χ0) is 20.4. The molecule has 2 aromatic carbocycles. The minimum atomic E-state index is 0.213. The van der Waals surface area contributed by atoms with E-state index in [9.17, 15) is 4.79 Å². The van der Waals surface area contributed by atoms with Crippen molar-refractivity contribution in [1.29, 1.82) is 0 Å². The number of aryl methyl sites for hydroxylation is 2. The predicted octanol–water partition coefficient (Wildman–Crippen LogP) is 4.41. The van der Waals surface area contributed by atoms with Gasteiger partial charge in [0.25, 0.3) is 0 Å². The van der Waals surface area contributed by atoms with Gasteiger partial charge in [-0.25, -0.2) is 0 Å². The molecule has 1 aliphatic heterocycles. The number of hydrogen-bond donors (Lipinski definition) is 0. The number of para-hydroxylation sites is 1. The number of rotatable bonds is 5. The monoisotopic (exact) mass is 387 g/mol. The highest BCUT2D eigenvalue weighted by Gasteiger charge is 2.22. The predicted molar refractivity (Wildman–Crippen MR) is 119 cm³/mol. The SMILES string of the molecule is Cc1ccc(-n2c(C)cc(C(=O)CN3CCN(c4ccccc4)CC3)c2C)cc1.